The molecular weight excluding hydrogens is 677 g/mol. The SMILES string of the molecule is c1ccc(-c2cnn3c(-c4ccccc4)c(-c4ccc(-c5ccc6c(c5)C(c5ccccc5)(c5ccccc5)c5ccccc5-6)cc4)c4ccccc4c23)cc1. The molecule has 2 heteroatoms. The van der Waals surface area contributed by atoms with Crippen molar-refractivity contribution in [2.45, 2.75) is 5.41 Å². The van der Waals surface area contributed by atoms with Crippen LogP contribution < -0.4 is 0 Å². The van der Waals surface area contributed by atoms with Gasteiger partial charge in [-0.05, 0) is 67.1 Å². The summed E-state index contributed by atoms with van der Waals surface area (Å²) >= 11 is 0. The molecule has 10 aromatic rings. The molecule has 0 atom stereocenters. The van der Waals surface area contributed by atoms with Crippen molar-refractivity contribution in [2.24, 2.45) is 0 Å². The predicted octanol–water partition coefficient (Wildman–Crippen LogP) is 13.5. The van der Waals surface area contributed by atoms with Crippen molar-refractivity contribution in [3.8, 4) is 55.8 Å². The first kappa shape index (κ1) is 32.2. The van der Waals surface area contributed by atoms with Crippen molar-refractivity contribution in [1.82, 2.24) is 9.61 Å². The van der Waals surface area contributed by atoms with Crippen molar-refractivity contribution in [2.75, 3.05) is 0 Å². The lowest BCUT2D eigenvalue weighted by Crippen LogP contribution is -2.28. The van der Waals surface area contributed by atoms with E-state index in [-0.39, 0.29) is 0 Å². The van der Waals surface area contributed by atoms with E-state index in [0.29, 0.717) is 0 Å². The lowest BCUT2D eigenvalue weighted by Gasteiger charge is -2.34. The molecule has 11 rings (SSSR count). The lowest BCUT2D eigenvalue weighted by molar-refractivity contribution is 0.769. The van der Waals surface area contributed by atoms with Crippen LogP contribution in [0, 0.1) is 0 Å². The van der Waals surface area contributed by atoms with Crippen molar-refractivity contribution in [3.05, 3.63) is 241 Å². The second kappa shape index (κ2) is 12.9. The molecule has 0 N–H and O–H groups in total. The fraction of sp³-hybridized carbons (Fsp3) is 0.0185. The van der Waals surface area contributed by atoms with E-state index in [1.165, 1.54) is 60.8 Å². The maximum absolute atomic E-state index is 5.10. The second-order valence-electron chi connectivity index (χ2n) is 14.7. The van der Waals surface area contributed by atoms with E-state index in [1.807, 2.05) is 6.20 Å². The fourth-order valence-corrected chi connectivity index (χ4v) is 9.36. The smallest absolute Gasteiger partial charge is 0.0826 e. The third-order valence-electron chi connectivity index (χ3n) is 11.8. The van der Waals surface area contributed by atoms with Crippen LogP contribution in [-0.4, -0.2) is 9.61 Å². The second-order valence-corrected chi connectivity index (χ2v) is 14.7. The van der Waals surface area contributed by atoms with Crippen LogP contribution in [0.5, 0.6) is 0 Å². The standard InChI is InChI=1S/C54H36N2/c1-5-17-38(18-6-1)48-36-55-56-52(40-19-7-2-8-20-40)51(46-26-13-14-27-47(46)53(48)56)39-31-29-37(30-32-39)41-33-34-45-44-25-15-16-28-49(44)54(50(45)35-41,42-21-9-3-10-22-42)43-23-11-4-12-24-43/h1-36H. The van der Waals surface area contributed by atoms with E-state index in [4.69, 9.17) is 5.10 Å². The first-order valence-corrected chi connectivity index (χ1v) is 19.3. The van der Waals surface area contributed by atoms with Crippen LogP contribution in [0.2, 0.25) is 0 Å². The molecule has 0 saturated heterocycles. The van der Waals surface area contributed by atoms with Gasteiger partial charge in [0.05, 0.1) is 22.8 Å². The summed E-state index contributed by atoms with van der Waals surface area (Å²) in [6.45, 7) is 0. The third-order valence-corrected chi connectivity index (χ3v) is 11.8. The molecular formula is C54H36N2. The highest BCUT2D eigenvalue weighted by Crippen LogP contribution is 2.56. The monoisotopic (exact) mass is 712 g/mol. The maximum atomic E-state index is 5.10. The van der Waals surface area contributed by atoms with Gasteiger partial charge >= 0.3 is 0 Å². The molecule has 8 aromatic carbocycles. The minimum Gasteiger partial charge on any atom is -0.231 e. The van der Waals surface area contributed by atoms with Crippen LogP contribution >= 0.6 is 0 Å². The van der Waals surface area contributed by atoms with Crippen molar-refractivity contribution >= 4 is 16.3 Å². The van der Waals surface area contributed by atoms with Gasteiger partial charge in [0.25, 0.3) is 0 Å². The summed E-state index contributed by atoms with van der Waals surface area (Å²) in [4.78, 5) is 0. The Balaban J connectivity index is 1.11. The minimum atomic E-state index is -0.439. The number of hydrogen-bond acceptors (Lipinski definition) is 1. The van der Waals surface area contributed by atoms with Gasteiger partial charge in [-0.25, -0.2) is 4.52 Å². The highest BCUT2D eigenvalue weighted by molar-refractivity contribution is 6.13. The Bertz CT molecular complexity index is 3000. The largest absolute Gasteiger partial charge is 0.231 e. The number of benzene rings is 8. The Hall–Kier alpha value is -7.29. The molecule has 2 aromatic heterocycles. The van der Waals surface area contributed by atoms with Crippen molar-refractivity contribution in [3.63, 3.8) is 0 Å². The van der Waals surface area contributed by atoms with Gasteiger partial charge in [-0.15, -0.1) is 0 Å². The summed E-state index contributed by atoms with van der Waals surface area (Å²) in [5.74, 6) is 0. The maximum Gasteiger partial charge on any atom is 0.0826 e. The number of aromatic nitrogens is 2. The van der Waals surface area contributed by atoms with Gasteiger partial charge in [0.1, 0.15) is 0 Å². The van der Waals surface area contributed by atoms with E-state index in [9.17, 15) is 0 Å². The van der Waals surface area contributed by atoms with Crippen LogP contribution in [0.25, 0.3) is 72.1 Å². The van der Waals surface area contributed by atoms with Crippen molar-refractivity contribution < 1.29 is 0 Å². The highest BCUT2D eigenvalue weighted by Gasteiger charge is 2.46. The Kier molecular flexibility index (Phi) is 7.43. The molecule has 0 radical (unpaired) electrons. The fourth-order valence-electron chi connectivity index (χ4n) is 9.36. The Morgan fingerprint density at radius 2 is 0.875 bits per heavy atom. The number of rotatable bonds is 6. The van der Waals surface area contributed by atoms with E-state index in [1.54, 1.807) is 0 Å². The molecule has 2 heterocycles. The van der Waals surface area contributed by atoms with E-state index < -0.39 is 5.41 Å². The molecule has 0 unspecified atom stereocenters. The molecule has 0 saturated carbocycles. The Morgan fingerprint density at radius 3 is 1.55 bits per heavy atom. The molecule has 0 bridgehead atoms. The van der Waals surface area contributed by atoms with Crippen LogP contribution in [0.4, 0.5) is 0 Å². The zero-order valence-corrected chi connectivity index (χ0v) is 30.7. The van der Waals surface area contributed by atoms with Gasteiger partial charge in [0, 0.05) is 22.1 Å². The van der Waals surface area contributed by atoms with Gasteiger partial charge in [0.15, 0.2) is 0 Å². The molecule has 2 nitrogen and oxygen atoms in total. The Morgan fingerprint density at radius 1 is 0.357 bits per heavy atom. The molecule has 56 heavy (non-hydrogen) atoms. The van der Waals surface area contributed by atoms with Gasteiger partial charge in [0.2, 0.25) is 0 Å². The topological polar surface area (TPSA) is 17.3 Å². The zero-order chi connectivity index (χ0) is 37.1. The molecule has 0 fully saturated rings. The van der Waals surface area contributed by atoms with Gasteiger partial charge in [-0.1, -0.05) is 206 Å². The van der Waals surface area contributed by atoms with E-state index in [2.05, 4.69) is 217 Å². The number of fused-ring (bicyclic) bond motifs is 6. The highest BCUT2D eigenvalue weighted by atomic mass is 15.2. The lowest BCUT2D eigenvalue weighted by atomic mass is 9.67. The summed E-state index contributed by atoms with van der Waals surface area (Å²) in [7, 11) is 0. The minimum absolute atomic E-state index is 0.439. The van der Waals surface area contributed by atoms with Gasteiger partial charge in [-0.3, -0.25) is 0 Å². The van der Waals surface area contributed by atoms with Gasteiger partial charge < -0.3 is 0 Å². The van der Waals surface area contributed by atoms with Gasteiger partial charge in [-0.2, -0.15) is 5.10 Å². The third kappa shape index (κ3) is 4.79. The van der Waals surface area contributed by atoms with Crippen LogP contribution in [-0.2, 0) is 5.41 Å². The number of pyridine rings is 1. The summed E-state index contributed by atoms with van der Waals surface area (Å²) in [5.41, 5.74) is 17.6. The van der Waals surface area contributed by atoms with Crippen molar-refractivity contribution in [1.29, 1.82) is 0 Å². The summed E-state index contributed by atoms with van der Waals surface area (Å²) in [6, 6.07) is 77.3. The zero-order valence-electron chi connectivity index (χ0n) is 30.7. The quantitative estimate of drug-likeness (QED) is 0.168. The summed E-state index contributed by atoms with van der Waals surface area (Å²) in [5, 5.41) is 7.49. The first-order chi connectivity index (χ1) is 27.8. The summed E-state index contributed by atoms with van der Waals surface area (Å²) < 4.78 is 2.16. The van der Waals surface area contributed by atoms with Crippen LogP contribution in [0.3, 0.4) is 0 Å². The normalized spacial score (nSPS) is 12.8. The average molecular weight is 713 g/mol. The first-order valence-electron chi connectivity index (χ1n) is 19.3. The van der Waals surface area contributed by atoms with Crippen LogP contribution in [0.1, 0.15) is 22.3 Å². The molecule has 1 aliphatic carbocycles. The molecule has 0 spiro atoms. The predicted molar refractivity (Wildman–Crippen MR) is 232 cm³/mol. The molecule has 1 aliphatic rings. The van der Waals surface area contributed by atoms with E-state index >= 15 is 0 Å². The Labute approximate surface area is 326 Å². The number of nitrogens with zero attached hydrogens (tertiary/aromatic N) is 2. The summed E-state index contributed by atoms with van der Waals surface area (Å²) in [6.07, 6.45) is 2.02. The molecule has 0 aliphatic heterocycles. The molecule has 0 amide bonds. The van der Waals surface area contributed by atoms with E-state index in [0.717, 1.165) is 33.5 Å². The average Bonchev–Trinajstić information content (AvgIpc) is 3.86. The number of hydrogen-bond donors (Lipinski definition) is 0. The molecule has 262 valence electrons. The van der Waals surface area contributed by atoms with Crippen LogP contribution in [0.15, 0.2) is 219 Å².